The van der Waals surface area contributed by atoms with Crippen LogP contribution >= 0.6 is 0 Å². The number of hydrogen-bond acceptors (Lipinski definition) is 3. The third kappa shape index (κ3) is 3.19. The van der Waals surface area contributed by atoms with Crippen molar-refractivity contribution in [2.24, 2.45) is 17.6 Å². The molecule has 6 heteroatoms. The van der Waals surface area contributed by atoms with Crippen LogP contribution in [-0.4, -0.2) is 38.4 Å². The van der Waals surface area contributed by atoms with E-state index in [1.807, 2.05) is 0 Å². The summed E-state index contributed by atoms with van der Waals surface area (Å²) in [6.45, 7) is 3.76. The Labute approximate surface area is 104 Å². The van der Waals surface area contributed by atoms with E-state index in [9.17, 15) is 8.42 Å². The first-order valence-electron chi connectivity index (χ1n) is 6.51. The van der Waals surface area contributed by atoms with E-state index in [2.05, 4.69) is 11.6 Å². The van der Waals surface area contributed by atoms with Crippen molar-refractivity contribution >= 4 is 10.2 Å². The van der Waals surface area contributed by atoms with Crippen LogP contribution in [0, 0.1) is 11.8 Å². The smallest absolute Gasteiger partial charge is 0.279 e. The highest BCUT2D eigenvalue weighted by Gasteiger charge is 2.36. The van der Waals surface area contributed by atoms with Gasteiger partial charge in [-0.05, 0) is 31.1 Å². The molecule has 0 aromatic rings. The van der Waals surface area contributed by atoms with Gasteiger partial charge in [0.2, 0.25) is 0 Å². The first-order valence-corrected chi connectivity index (χ1v) is 7.95. The lowest BCUT2D eigenvalue weighted by molar-refractivity contribution is 0.254. The SMILES string of the molecule is CC1CC1CNS(=O)(=O)N1CCCCC1CN. The molecule has 0 bridgehead atoms. The summed E-state index contributed by atoms with van der Waals surface area (Å²) in [5.74, 6) is 1.20. The summed E-state index contributed by atoms with van der Waals surface area (Å²) in [6.07, 6.45) is 4.05. The van der Waals surface area contributed by atoms with E-state index in [0.29, 0.717) is 31.5 Å². The zero-order valence-electron chi connectivity index (χ0n) is 10.4. The Hall–Kier alpha value is -0.170. The molecular formula is C11H23N3O2S. The van der Waals surface area contributed by atoms with Gasteiger partial charge in [-0.3, -0.25) is 0 Å². The minimum atomic E-state index is -3.32. The Kier molecular flexibility index (Phi) is 4.07. The van der Waals surface area contributed by atoms with Gasteiger partial charge >= 0.3 is 0 Å². The van der Waals surface area contributed by atoms with Crippen molar-refractivity contribution in [3.63, 3.8) is 0 Å². The van der Waals surface area contributed by atoms with Crippen molar-refractivity contribution in [3.05, 3.63) is 0 Å². The fourth-order valence-electron chi connectivity index (χ4n) is 2.50. The summed E-state index contributed by atoms with van der Waals surface area (Å²) in [5, 5.41) is 0. The van der Waals surface area contributed by atoms with Crippen LogP contribution in [0.2, 0.25) is 0 Å². The summed E-state index contributed by atoms with van der Waals surface area (Å²) in [7, 11) is -3.32. The Morgan fingerprint density at radius 1 is 1.41 bits per heavy atom. The van der Waals surface area contributed by atoms with Crippen molar-refractivity contribution in [3.8, 4) is 0 Å². The van der Waals surface area contributed by atoms with Gasteiger partial charge < -0.3 is 5.73 Å². The summed E-state index contributed by atoms with van der Waals surface area (Å²) >= 11 is 0. The Bertz CT molecular complexity index is 358. The molecule has 3 unspecified atom stereocenters. The molecule has 17 heavy (non-hydrogen) atoms. The Balaban J connectivity index is 1.92. The largest absolute Gasteiger partial charge is 0.329 e. The fraction of sp³-hybridized carbons (Fsp3) is 1.00. The van der Waals surface area contributed by atoms with Gasteiger partial charge in [0.1, 0.15) is 0 Å². The van der Waals surface area contributed by atoms with E-state index in [4.69, 9.17) is 5.73 Å². The third-order valence-corrected chi connectivity index (χ3v) is 5.59. The molecule has 0 spiro atoms. The van der Waals surface area contributed by atoms with E-state index in [-0.39, 0.29) is 6.04 Å². The highest BCUT2D eigenvalue weighted by atomic mass is 32.2. The lowest BCUT2D eigenvalue weighted by atomic mass is 10.1. The topological polar surface area (TPSA) is 75.4 Å². The molecule has 100 valence electrons. The molecule has 0 amide bonds. The molecule has 1 aliphatic heterocycles. The second-order valence-corrected chi connectivity index (χ2v) is 7.03. The van der Waals surface area contributed by atoms with Crippen molar-refractivity contribution in [1.29, 1.82) is 0 Å². The van der Waals surface area contributed by atoms with Crippen LogP contribution in [0.4, 0.5) is 0 Å². The first-order chi connectivity index (χ1) is 8.04. The van der Waals surface area contributed by atoms with Crippen LogP contribution in [0.3, 0.4) is 0 Å². The van der Waals surface area contributed by atoms with E-state index in [0.717, 1.165) is 25.7 Å². The molecule has 1 saturated carbocycles. The monoisotopic (exact) mass is 261 g/mol. The predicted molar refractivity (Wildman–Crippen MR) is 67.6 cm³/mol. The van der Waals surface area contributed by atoms with Gasteiger partial charge in [-0.15, -0.1) is 0 Å². The normalized spacial score (nSPS) is 34.8. The van der Waals surface area contributed by atoms with Gasteiger partial charge in [-0.25, -0.2) is 4.72 Å². The zero-order chi connectivity index (χ0) is 12.5. The molecular weight excluding hydrogens is 238 g/mol. The van der Waals surface area contributed by atoms with Gasteiger partial charge in [-0.1, -0.05) is 13.3 Å². The van der Waals surface area contributed by atoms with Crippen LogP contribution in [0.25, 0.3) is 0 Å². The Morgan fingerprint density at radius 3 is 2.71 bits per heavy atom. The fourth-order valence-corrected chi connectivity index (χ4v) is 4.05. The van der Waals surface area contributed by atoms with Crippen LogP contribution in [-0.2, 0) is 10.2 Å². The number of nitrogens with one attached hydrogen (secondary N) is 1. The maximum absolute atomic E-state index is 12.2. The highest BCUT2D eigenvalue weighted by Crippen LogP contribution is 2.37. The number of nitrogens with zero attached hydrogens (tertiary/aromatic N) is 1. The lowest BCUT2D eigenvalue weighted by Crippen LogP contribution is -2.52. The molecule has 3 atom stereocenters. The van der Waals surface area contributed by atoms with Gasteiger partial charge in [-0.2, -0.15) is 12.7 Å². The van der Waals surface area contributed by atoms with E-state index in [1.165, 1.54) is 0 Å². The third-order valence-electron chi connectivity index (χ3n) is 3.96. The van der Waals surface area contributed by atoms with Crippen molar-refractivity contribution in [1.82, 2.24) is 9.03 Å². The molecule has 2 aliphatic rings. The summed E-state index contributed by atoms with van der Waals surface area (Å²) in [6, 6.07) is -0.0159. The average molecular weight is 261 g/mol. The standard InChI is InChI=1S/C11H23N3O2S/c1-9-6-10(9)8-13-17(15,16)14-5-3-2-4-11(14)7-12/h9-11,13H,2-8,12H2,1H3. The van der Waals surface area contributed by atoms with Crippen LogP contribution in [0.15, 0.2) is 0 Å². The van der Waals surface area contributed by atoms with Crippen molar-refractivity contribution < 1.29 is 8.42 Å². The summed E-state index contributed by atoms with van der Waals surface area (Å²) in [4.78, 5) is 0. The number of piperidine rings is 1. The van der Waals surface area contributed by atoms with Crippen LogP contribution < -0.4 is 10.5 Å². The number of nitrogens with two attached hydrogens (primary N) is 1. The van der Waals surface area contributed by atoms with Crippen molar-refractivity contribution in [2.75, 3.05) is 19.6 Å². The van der Waals surface area contributed by atoms with Gasteiger partial charge in [0.05, 0.1) is 0 Å². The summed E-state index contributed by atoms with van der Waals surface area (Å²) in [5.41, 5.74) is 5.65. The molecule has 1 aliphatic carbocycles. The maximum atomic E-state index is 12.2. The number of rotatable bonds is 5. The first kappa shape index (κ1) is 13.3. The molecule has 1 heterocycles. The van der Waals surface area contributed by atoms with Gasteiger partial charge in [0, 0.05) is 25.7 Å². The minimum Gasteiger partial charge on any atom is -0.329 e. The minimum absolute atomic E-state index is 0.0159. The van der Waals surface area contributed by atoms with E-state index < -0.39 is 10.2 Å². The molecule has 0 radical (unpaired) electrons. The second kappa shape index (κ2) is 5.22. The quantitative estimate of drug-likeness (QED) is 0.747. The predicted octanol–water partition coefficient (Wildman–Crippen LogP) is 0.290. The molecule has 5 nitrogen and oxygen atoms in total. The van der Waals surface area contributed by atoms with Gasteiger partial charge in [0.15, 0.2) is 0 Å². The zero-order valence-corrected chi connectivity index (χ0v) is 11.2. The second-order valence-electron chi connectivity index (χ2n) is 5.32. The molecule has 2 rings (SSSR count). The van der Waals surface area contributed by atoms with Crippen molar-refractivity contribution in [2.45, 2.75) is 38.6 Å². The molecule has 2 fully saturated rings. The lowest BCUT2D eigenvalue weighted by Gasteiger charge is -2.33. The summed E-state index contributed by atoms with van der Waals surface area (Å²) < 4.78 is 28.6. The average Bonchev–Trinajstić information content (AvgIpc) is 3.03. The molecule has 3 N–H and O–H groups in total. The van der Waals surface area contributed by atoms with E-state index in [1.54, 1.807) is 4.31 Å². The Morgan fingerprint density at radius 2 is 2.12 bits per heavy atom. The molecule has 1 saturated heterocycles. The van der Waals surface area contributed by atoms with E-state index >= 15 is 0 Å². The highest BCUT2D eigenvalue weighted by molar-refractivity contribution is 7.87. The maximum Gasteiger partial charge on any atom is 0.279 e. The van der Waals surface area contributed by atoms with Crippen LogP contribution in [0.1, 0.15) is 32.6 Å². The van der Waals surface area contributed by atoms with Crippen LogP contribution in [0.5, 0.6) is 0 Å². The number of hydrogen-bond donors (Lipinski definition) is 2. The van der Waals surface area contributed by atoms with Gasteiger partial charge in [0.25, 0.3) is 10.2 Å². The molecule has 0 aromatic heterocycles. The molecule has 0 aromatic carbocycles.